The number of aryl methyl sites for hydroxylation is 1. The number of furan rings is 1. The minimum Gasteiger partial charge on any atom is -0.455 e. The van der Waals surface area contributed by atoms with Crippen molar-refractivity contribution in [2.45, 2.75) is 150 Å². The van der Waals surface area contributed by atoms with Crippen LogP contribution in [-0.2, 0) is 32.5 Å². The van der Waals surface area contributed by atoms with Crippen LogP contribution < -0.4 is 25.5 Å². The average molecular weight is 1150 g/mol. The van der Waals surface area contributed by atoms with Gasteiger partial charge in [0.25, 0.3) is 0 Å². The normalized spacial score (nSPS) is 15.0. The third-order valence-electron chi connectivity index (χ3n) is 20.0. The summed E-state index contributed by atoms with van der Waals surface area (Å²) in [5.74, 6) is 0. The Balaban J connectivity index is 1.15. The van der Waals surface area contributed by atoms with Crippen molar-refractivity contribution >= 4 is 85.2 Å². The van der Waals surface area contributed by atoms with Crippen molar-refractivity contribution in [1.82, 2.24) is 0 Å². The second kappa shape index (κ2) is 19.7. The lowest BCUT2D eigenvalue weighted by Gasteiger charge is -2.49. The van der Waals surface area contributed by atoms with Gasteiger partial charge in [-0.1, -0.05) is 238 Å². The summed E-state index contributed by atoms with van der Waals surface area (Å²) in [5.41, 5.74) is 29.1. The highest BCUT2D eigenvalue weighted by Crippen LogP contribution is 2.57. The van der Waals surface area contributed by atoms with Crippen molar-refractivity contribution in [3.05, 3.63) is 250 Å². The van der Waals surface area contributed by atoms with Crippen LogP contribution in [0.5, 0.6) is 0 Å². The maximum absolute atomic E-state index is 7.41. The van der Waals surface area contributed by atoms with Gasteiger partial charge in [-0.3, -0.25) is 0 Å². The Morgan fingerprint density at radius 3 is 1.49 bits per heavy atom. The summed E-state index contributed by atoms with van der Waals surface area (Å²) in [4.78, 5) is 7.88. The van der Waals surface area contributed by atoms with Crippen LogP contribution in [0.2, 0.25) is 0 Å². The largest absolute Gasteiger partial charge is 0.455 e. The lowest BCUT2D eigenvalue weighted by Crippen LogP contribution is -2.62. The van der Waals surface area contributed by atoms with E-state index >= 15 is 0 Å². The van der Waals surface area contributed by atoms with E-state index in [0.717, 1.165) is 67.2 Å². The van der Waals surface area contributed by atoms with Crippen molar-refractivity contribution < 1.29 is 4.42 Å². The Morgan fingerprint density at radius 1 is 0.398 bits per heavy atom. The van der Waals surface area contributed by atoms with E-state index in [4.69, 9.17) is 4.42 Å². The van der Waals surface area contributed by atoms with E-state index in [9.17, 15) is 0 Å². The van der Waals surface area contributed by atoms with Gasteiger partial charge < -0.3 is 19.0 Å². The average Bonchev–Trinajstić information content (AvgIpc) is 1.39. The SMILES string of the molecule is Cc1cc(C(C)(C)C)ccc1N1B2c3cc4c(cc3N(c3ccc(C(C)(C)C)cc3-c3ccccc3)c3cc5c(oc6ccccc65)c(c32)-c2ccc(N(c3ccc(C(C)(C)C)cc3)c3ccc(C(C)(C)C)cc3)cc21)C(C)(C)c1ccccc1C4(C)C. The summed E-state index contributed by atoms with van der Waals surface area (Å²) in [5, 5.41) is 2.21. The first kappa shape index (κ1) is 57.2. The molecule has 14 rings (SSSR count). The Labute approximate surface area is 524 Å². The molecule has 1 aliphatic carbocycles. The number of rotatable bonds is 6. The molecule has 0 saturated heterocycles. The minimum absolute atomic E-state index is 0.00285. The van der Waals surface area contributed by atoms with Gasteiger partial charge in [-0.05, 0) is 168 Å². The van der Waals surface area contributed by atoms with Crippen LogP contribution in [0.25, 0.3) is 44.2 Å². The number of fused-ring (bicyclic) bond motifs is 10. The van der Waals surface area contributed by atoms with Crippen LogP contribution in [0.4, 0.5) is 45.5 Å². The molecule has 440 valence electrons. The van der Waals surface area contributed by atoms with E-state index in [-0.39, 0.29) is 39.3 Å². The van der Waals surface area contributed by atoms with Gasteiger partial charge in [-0.25, -0.2) is 0 Å². The molecule has 2 aliphatic heterocycles. The van der Waals surface area contributed by atoms with Crippen molar-refractivity contribution in [1.29, 1.82) is 0 Å². The van der Waals surface area contributed by atoms with Gasteiger partial charge in [-0.2, -0.15) is 0 Å². The van der Waals surface area contributed by atoms with Gasteiger partial charge in [0, 0.05) is 78.1 Å². The molecule has 3 aliphatic rings. The molecule has 0 fully saturated rings. The molecule has 0 amide bonds. The second-order valence-electron chi connectivity index (χ2n) is 30.7. The molecule has 0 unspecified atom stereocenters. The van der Waals surface area contributed by atoms with Crippen molar-refractivity contribution in [3.8, 4) is 22.3 Å². The highest BCUT2D eigenvalue weighted by molar-refractivity contribution is 6.94. The molecule has 0 spiro atoms. The highest BCUT2D eigenvalue weighted by atomic mass is 16.3. The molecule has 11 aromatic rings. The Bertz CT molecular complexity index is 4550. The van der Waals surface area contributed by atoms with E-state index in [1.807, 2.05) is 0 Å². The van der Waals surface area contributed by atoms with Gasteiger partial charge in [0.1, 0.15) is 11.2 Å². The third-order valence-corrected chi connectivity index (χ3v) is 20.0. The molecule has 0 saturated carbocycles. The molecule has 4 nitrogen and oxygen atoms in total. The van der Waals surface area contributed by atoms with Crippen LogP contribution in [0.3, 0.4) is 0 Å². The fraction of sp³-hybridized carbons (Fsp3) is 0.277. The minimum atomic E-state index is -0.322. The van der Waals surface area contributed by atoms with Gasteiger partial charge in [0.2, 0.25) is 0 Å². The number of nitrogens with zero attached hydrogens (tertiary/aromatic N) is 3. The first-order chi connectivity index (χ1) is 41.6. The van der Waals surface area contributed by atoms with Crippen LogP contribution >= 0.6 is 0 Å². The highest BCUT2D eigenvalue weighted by Gasteiger charge is 2.50. The number of para-hydroxylation sites is 1. The summed E-state index contributed by atoms with van der Waals surface area (Å²) in [6.07, 6.45) is 0. The monoisotopic (exact) mass is 1150 g/mol. The number of benzene rings is 10. The van der Waals surface area contributed by atoms with Crippen LogP contribution in [0.1, 0.15) is 161 Å². The van der Waals surface area contributed by atoms with E-state index < -0.39 is 0 Å². The number of anilines is 8. The molecule has 1 aromatic heterocycles. The number of hydrogen-bond acceptors (Lipinski definition) is 4. The zero-order valence-electron chi connectivity index (χ0n) is 54.9. The molecule has 0 bridgehead atoms. The lowest BCUT2D eigenvalue weighted by molar-refractivity contribution is 0.521. The molecular formula is C83H84BN3O. The van der Waals surface area contributed by atoms with Crippen LogP contribution in [0.15, 0.2) is 205 Å². The summed E-state index contributed by atoms with van der Waals surface area (Å²) in [6.45, 7) is 39.6. The Morgan fingerprint density at radius 2 is 0.909 bits per heavy atom. The quantitative estimate of drug-likeness (QED) is 0.155. The van der Waals surface area contributed by atoms with E-state index in [2.05, 4.69) is 333 Å². The maximum Gasteiger partial charge on any atom is 0.333 e. The summed E-state index contributed by atoms with van der Waals surface area (Å²) in [6, 6.07) is 77.1. The topological polar surface area (TPSA) is 22.9 Å². The van der Waals surface area contributed by atoms with Crippen LogP contribution in [0, 0.1) is 6.92 Å². The molecule has 0 atom stereocenters. The summed E-state index contributed by atoms with van der Waals surface area (Å²) < 4.78 is 7.41. The first-order valence-corrected chi connectivity index (χ1v) is 31.9. The van der Waals surface area contributed by atoms with Crippen molar-refractivity contribution in [2.24, 2.45) is 0 Å². The fourth-order valence-electron chi connectivity index (χ4n) is 14.9. The lowest BCUT2D eigenvalue weighted by atomic mass is 9.42. The zero-order valence-corrected chi connectivity index (χ0v) is 54.9. The van der Waals surface area contributed by atoms with Crippen molar-refractivity contribution in [3.63, 3.8) is 0 Å². The van der Waals surface area contributed by atoms with Gasteiger partial charge in [-0.15, -0.1) is 0 Å². The molecule has 5 heteroatoms. The van der Waals surface area contributed by atoms with Gasteiger partial charge in [0.05, 0.1) is 5.69 Å². The molecule has 10 aromatic carbocycles. The second-order valence-corrected chi connectivity index (χ2v) is 30.7. The fourth-order valence-corrected chi connectivity index (χ4v) is 14.9. The summed E-state index contributed by atoms with van der Waals surface area (Å²) >= 11 is 0. The molecule has 0 radical (unpaired) electrons. The maximum atomic E-state index is 7.41. The molecule has 3 heterocycles. The smallest absolute Gasteiger partial charge is 0.333 e. The Kier molecular flexibility index (Phi) is 12.8. The van der Waals surface area contributed by atoms with E-state index in [1.54, 1.807) is 0 Å². The van der Waals surface area contributed by atoms with E-state index in [1.165, 1.54) is 83.5 Å². The summed E-state index contributed by atoms with van der Waals surface area (Å²) in [7, 11) is 0. The van der Waals surface area contributed by atoms with Crippen molar-refractivity contribution in [2.75, 3.05) is 14.6 Å². The molecule has 88 heavy (non-hydrogen) atoms. The Hall–Kier alpha value is -8.54. The predicted octanol–water partition coefficient (Wildman–Crippen LogP) is 21.9. The van der Waals surface area contributed by atoms with Gasteiger partial charge >= 0.3 is 6.85 Å². The standard InChI is InChI=1S/C83H84BN3O/c1-51-45-55(80(8,9)10)35-43-69(51)87-71-47-59(85(57-37-31-53(32-38-57)78(2,3)4)58-39-33-54(34-40-58)79(5,6)7)41-42-61(71)75-76-73(48-63-60-27-21-24-30-74(60)88-77(63)75)86(70-44-36-56(81(11,12)13)46-62(70)52-25-19-18-20-26-52)72-50-67-66(49-68(72)84(76)87)82(14,15)64-28-22-23-29-65(64)83(67,16)17/h18-50H,1-17H3. The van der Waals surface area contributed by atoms with E-state index in [0.29, 0.717) is 0 Å². The number of hydrogen-bond donors (Lipinski definition) is 0. The predicted molar refractivity (Wildman–Crippen MR) is 378 cm³/mol. The molecular weight excluding hydrogens is 1070 g/mol. The van der Waals surface area contributed by atoms with Crippen LogP contribution in [-0.4, -0.2) is 6.85 Å². The zero-order chi connectivity index (χ0) is 61.9. The first-order valence-electron chi connectivity index (χ1n) is 31.9. The van der Waals surface area contributed by atoms with Gasteiger partial charge in [0.15, 0.2) is 0 Å². The molecule has 0 N–H and O–H groups in total. The third kappa shape index (κ3) is 8.99.